The maximum absolute atomic E-state index is 11.0. The molecule has 0 saturated carbocycles. The minimum absolute atomic E-state index is 0.0219. The van der Waals surface area contributed by atoms with E-state index in [1.54, 1.807) is 0 Å². The zero-order valence-corrected chi connectivity index (χ0v) is 10.5. The Kier molecular flexibility index (Phi) is 3.48. The Morgan fingerprint density at radius 3 is 2.69 bits per heavy atom. The van der Waals surface area contributed by atoms with Gasteiger partial charge in [-0.1, -0.05) is 6.92 Å². The molecule has 0 fully saturated rings. The monoisotopic (exact) mass is 283 g/mol. The normalized spacial score (nSPS) is 14.4. The van der Waals surface area contributed by atoms with Crippen molar-refractivity contribution in [3.63, 3.8) is 0 Å². The van der Waals surface area contributed by atoms with Gasteiger partial charge in [-0.3, -0.25) is 0 Å². The van der Waals surface area contributed by atoms with Crippen LogP contribution in [0.5, 0.6) is 0 Å². The smallest absolute Gasteiger partial charge is 0.148 e. The summed E-state index contributed by atoms with van der Waals surface area (Å²) in [6.45, 7) is 1.87. The summed E-state index contributed by atoms with van der Waals surface area (Å²) in [5.41, 5.74) is 0. The fourth-order valence-electron chi connectivity index (χ4n) is 1.02. The summed E-state index contributed by atoms with van der Waals surface area (Å²) < 4.78 is 22.7. The molecule has 74 valence electrons. The summed E-state index contributed by atoms with van der Waals surface area (Å²) >= 11 is 4.71. The van der Waals surface area contributed by atoms with Crippen molar-refractivity contribution in [1.82, 2.24) is 4.98 Å². The van der Waals surface area contributed by atoms with Crippen molar-refractivity contribution in [2.24, 2.45) is 0 Å². The van der Waals surface area contributed by atoms with Crippen molar-refractivity contribution in [3.05, 3.63) is 15.0 Å². The van der Waals surface area contributed by atoms with E-state index in [0.29, 0.717) is 0 Å². The van der Waals surface area contributed by atoms with Gasteiger partial charge in [-0.2, -0.15) is 0 Å². The van der Waals surface area contributed by atoms with Crippen LogP contribution in [0, 0.1) is 0 Å². The predicted octanol–water partition coefficient (Wildman–Crippen LogP) is 2.05. The summed E-state index contributed by atoms with van der Waals surface area (Å²) in [6.07, 6.45) is 1.24. The summed E-state index contributed by atoms with van der Waals surface area (Å²) in [6, 6.07) is 0. The van der Waals surface area contributed by atoms with Gasteiger partial charge in [0.25, 0.3) is 0 Å². The van der Waals surface area contributed by atoms with Gasteiger partial charge in [0.15, 0.2) is 0 Å². The minimum Gasteiger partial charge on any atom is -0.234 e. The Labute approximate surface area is 90.2 Å². The summed E-state index contributed by atoms with van der Waals surface area (Å²) in [5, 5.41) is 2.71. The van der Waals surface area contributed by atoms with Gasteiger partial charge in [0.2, 0.25) is 0 Å². The third-order valence-corrected chi connectivity index (χ3v) is 4.36. The Morgan fingerprint density at radius 2 is 2.31 bits per heavy atom. The second kappa shape index (κ2) is 4.06. The Hall–Kier alpha value is 0.0600. The average molecular weight is 284 g/mol. The van der Waals surface area contributed by atoms with E-state index in [-0.39, 0.29) is 11.7 Å². The van der Waals surface area contributed by atoms with Crippen LogP contribution in [-0.2, 0) is 9.84 Å². The molecule has 0 bridgehead atoms. The van der Waals surface area contributed by atoms with Crippen LogP contribution < -0.4 is 0 Å². The van der Waals surface area contributed by atoms with Gasteiger partial charge in [-0.15, -0.1) is 11.3 Å². The van der Waals surface area contributed by atoms with E-state index in [4.69, 9.17) is 0 Å². The highest BCUT2D eigenvalue weighted by molar-refractivity contribution is 9.10. The molecule has 0 aliphatic heterocycles. The number of aromatic nitrogens is 1. The second-order valence-corrected chi connectivity index (χ2v) is 6.89. The van der Waals surface area contributed by atoms with E-state index in [9.17, 15) is 8.42 Å². The first kappa shape index (κ1) is 11.1. The number of halogens is 1. The molecule has 0 aliphatic carbocycles. The molecule has 1 rings (SSSR count). The van der Waals surface area contributed by atoms with E-state index in [1.165, 1.54) is 17.6 Å². The second-order valence-electron chi connectivity index (χ2n) is 3.00. The lowest BCUT2D eigenvalue weighted by atomic mass is 10.2. The van der Waals surface area contributed by atoms with Crippen LogP contribution in [0.3, 0.4) is 0 Å². The lowest BCUT2D eigenvalue weighted by Gasteiger charge is -2.04. The maximum Gasteiger partial charge on any atom is 0.148 e. The molecule has 0 saturated heterocycles. The third kappa shape index (κ3) is 3.74. The highest BCUT2D eigenvalue weighted by atomic mass is 79.9. The van der Waals surface area contributed by atoms with Gasteiger partial charge in [0.05, 0.1) is 10.8 Å². The van der Waals surface area contributed by atoms with Crippen LogP contribution in [0.15, 0.2) is 9.98 Å². The minimum atomic E-state index is -2.91. The molecule has 1 aromatic heterocycles. The van der Waals surface area contributed by atoms with Gasteiger partial charge >= 0.3 is 0 Å². The first-order chi connectivity index (χ1) is 5.88. The SMILES string of the molecule is CC(CS(C)(=O)=O)c1nc(Br)cs1. The highest BCUT2D eigenvalue weighted by Gasteiger charge is 2.15. The molecule has 1 atom stereocenters. The lowest BCUT2D eigenvalue weighted by Crippen LogP contribution is -2.10. The molecular weight excluding hydrogens is 274 g/mol. The lowest BCUT2D eigenvalue weighted by molar-refractivity contribution is 0.596. The molecule has 0 amide bonds. The van der Waals surface area contributed by atoms with Crippen molar-refractivity contribution < 1.29 is 8.42 Å². The van der Waals surface area contributed by atoms with E-state index < -0.39 is 9.84 Å². The van der Waals surface area contributed by atoms with Gasteiger partial charge in [-0.05, 0) is 15.9 Å². The number of nitrogens with zero attached hydrogens (tertiary/aromatic N) is 1. The molecule has 6 heteroatoms. The van der Waals surface area contributed by atoms with Gasteiger partial charge in [-0.25, -0.2) is 13.4 Å². The quantitative estimate of drug-likeness (QED) is 0.853. The molecule has 13 heavy (non-hydrogen) atoms. The average Bonchev–Trinajstić information content (AvgIpc) is 2.31. The number of thiazole rings is 1. The van der Waals surface area contributed by atoms with E-state index in [0.717, 1.165) is 9.61 Å². The molecular formula is C7H10BrNO2S2. The maximum atomic E-state index is 11.0. The van der Waals surface area contributed by atoms with Crippen LogP contribution in [0.4, 0.5) is 0 Å². The number of rotatable bonds is 3. The molecule has 1 unspecified atom stereocenters. The molecule has 1 aromatic rings. The van der Waals surface area contributed by atoms with E-state index in [1.807, 2.05) is 12.3 Å². The van der Waals surface area contributed by atoms with Crippen molar-refractivity contribution in [3.8, 4) is 0 Å². The standard InChI is InChI=1S/C7H10BrNO2S2/c1-5(4-13(2,10)11)7-9-6(8)3-12-7/h3,5H,4H2,1-2H3. The van der Waals surface area contributed by atoms with Crippen molar-refractivity contribution in [1.29, 1.82) is 0 Å². The fourth-order valence-corrected chi connectivity index (χ4v) is 3.52. The molecule has 0 N–H and O–H groups in total. The number of hydrogen-bond acceptors (Lipinski definition) is 4. The molecule has 1 heterocycles. The zero-order chi connectivity index (χ0) is 10.1. The highest BCUT2D eigenvalue weighted by Crippen LogP contribution is 2.23. The van der Waals surface area contributed by atoms with E-state index >= 15 is 0 Å². The van der Waals surface area contributed by atoms with Crippen LogP contribution >= 0.6 is 27.3 Å². The van der Waals surface area contributed by atoms with Crippen molar-refractivity contribution in [2.75, 3.05) is 12.0 Å². The Morgan fingerprint density at radius 1 is 1.69 bits per heavy atom. The summed E-state index contributed by atoms with van der Waals surface area (Å²) in [7, 11) is -2.91. The largest absolute Gasteiger partial charge is 0.234 e. The molecule has 0 spiro atoms. The summed E-state index contributed by atoms with van der Waals surface area (Å²) in [4.78, 5) is 4.17. The van der Waals surface area contributed by atoms with Gasteiger partial charge < -0.3 is 0 Å². The van der Waals surface area contributed by atoms with Crippen molar-refractivity contribution >= 4 is 37.1 Å². The first-order valence-corrected chi connectivity index (χ1v) is 7.40. The molecule has 0 radical (unpaired) electrons. The number of hydrogen-bond donors (Lipinski definition) is 0. The van der Waals surface area contributed by atoms with E-state index in [2.05, 4.69) is 20.9 Å². The molecule has 0 aliphatic rings. The Bertz CT molecular complexity index is 385. The fraction of sp³-hybridized carbons (Fsp3) is 0.571. The van der Waals surface area contributed by atoms with Crippen LogP contribution in [0.2, 0.25) is 0 Å². The number of sulfone groups is 1. The van der Waals surface area contributed by atoms with Crippen LogP contribution in [-0.4, -0.2) is 25.4 Å². The van der Waals surface area contributed by atoms with Gasteiger partial charge in [0, 0.05) is 17.6 Å². The first-order valence-electron chi connectivity index (χ1n) is 3.67. The van der Waals surface area contributed by atoms with Crippen LogP contribution in [0.25, 0.3) is 0 Å². The van der Waals surface area contributed by atoms with Crippen LogP contribution in [0.1, 0.15) is 17.8 Å². The summed E-state index contributed by atoms with van der Waals surface area (Å²) in [5.74, 6) is 0.138. The van der Waals surface area contributed by atoms with Crippen molar-refractivity contribution in [2.45, 2.75) is 12.8 Å². The predicted molar refractivity (Wildman–Crippen MR) is 57.9 cm³/mol. The van der Waals surface area contributed by atoms with Gasteiger partial charge in [0.1, 0.15) is 14.4 Å². The molecule has 3 nitrogen and oxygen atoms in total. The zero-order valence-electron chi connectivity index (χ0n) is 7.32. The molecule has 0 aromatic carbocycles. The Balaban J connectivity index is 2.75. The topological polar surface area (TPSA) is 47.0 Å². The third-order valence-electron chi connectivity index (χ3n) is 1.47.